The van der Waals surface area contributed by atoms with Crippen molar-refractivity contribution >= 4 is 11.6 Å². The maximum atomic E-state index is 5.79. The van der Waals surface area contributed by atoms with E-state index in [0.29, 0.717) is 5.41 Å². The second kappa shape index (κ2) is 8.41. The minimum atomic E-state index is 0.444. The molecule has 1 N–H and O–H groups in total. The lowest BCUT2D eigenvalue weighted by Gasteiger charge is -2.20. The SMILES string of the molecule is CCCC(CCCl)CNCCC(C)(C)C. The van der Waals surface area contributed by atoms with Crippen LogP contribution in [0.5, 0.6) is 0 Å². The summed E-state index contributed by atoms with van der Waals surface area (Å²) in [5.41, 5.74) is 0.444. The predicted molar refractivity (Wildman–Crippen MR) is 70.7 cm³/mol. The number of halogens is 1. The van der Waals surface area contributed by atoms with Gasteiger partial charge in [-0.2, -0.15) is 0 Å². The zero-order chi connectivity index (χ0) is 11.7. The highest BCUT2D eigenvalue weighted by Crippen LogP contribution is 2.17. The third-order valence-electron chi connectivity index (χ3n) is 2.70. The highest BCUT2D eigenvalue weighted by molar-refractivity contribution is 6.17. The van der Waals surface area contributed by atoms with Gasteiger partial charge in [0.25, 0.3) is 0 Å². The monoisotopic (exact) mass is 233 g/mol. The fraction of sp³-hybridized carbons (Fsp3) is 1.00. The number of hydrogen-bond acceptors (Lipinski definition) is 1. The van der Waals surface area contributed by atoms with Gasteiger partial charge >= 0.3 is 0 Å². The molecule has 0 aliphatic carbocycles. The van der Waals surface area contributed by atoms with Crippen molar-refractivity contribution in [2.45, 2.75) is 53.4 Å². The molecule has 2 heteroatoms. The Labute approximate surface area is 101 Å². The van der Waals surface area contributed by atoms with Crippen LogP contribution in [0, 0.1) is 11.3 Å². The Morgan fingerprint density at radius 2 is 1.87 bits per heavy atom. The van der Waals surface area contributed by atoms with Crippen molar-refractivity contribution < 1.29 is 0 Å². The van der Waals surface area contributed by atoms with Crippen molar-refractivity contribution in [2.24, 2.45) is 11.3 Å². The fourth-order valence-corrected chi connectivity index (χ4v) is 1.99. The van der Waals surface area contributed by atoms with Crippen LogP contribution in [0.15, 0.2) is 0 Å². The Morgan fingerprint density at radius 3 is 2.33 bits per heavy atom. The van der Waals surface area contributed by atoms with E-state index >= 15 is 0 Å². The van der Waals surface area contributed by atoms with Crippen LogP contribution in [-0.2, 0) is 0 Å². The van der Waals surface area contributed by atoms with Gasteiger partial charge in [-0.15, -0.1) is 11.6 Å². The molecular formula is C13H28ClN. The Bertz CT molecular complexity index is 134. The quantitative estimate of drug-likeness (QED) is 0.493. The maximum absolute atomic E-state index is 5.79. The molecule has 1 nitrogen and oxygen atoms in total. The summed E-state index contributed by atoms with van der Waals surface area (Å²) in [6.45, 7) is 11.4. The molecule has 0 rings (SSSR count). The summed E-state index contributed by atoms with van der Waals surface area (Å²) < 4.78 is 0. The molecule has 0 amide bonds. The van der Waals surface area contributed by atoms with Gasteiger partial charge in [-0.05, 0) is 43.7 Å². The zero-order valence-corrected chi connectivity index (χ0v) is 11.7. The van der Waals surface area contributed by atoms with E-state index in [2.05, 4.69) is 33.0 Å². The van der Waals surface area contributed by atoms with Crippen molar-refractivity contribution in [1.82, 2.24) is 5.32 Å². The first-order valence-electron chi connectivity index (χ1n) is 6.26. The molecule has 0 bridgehead atoms. The second-order valence-electron chi connectivity index (χ2n) is 5.65. The lowest BCUT2D eigenvalue weighted by atomic mass is 9.92. The third-order valence-corrected chi connectivity index (χ3v) is 2.92. The Kier molecular flexibility index (Phi) is 8.55. The number of alkyl halides is 1. The molecule has 0 spiro atoms. The van der Waals surface area contributed by atoms with E-state index in [4.69, 9.17) is 11.6 Å². The molecule has 0 fully saturated rings. The van der Waals surface area contributed by atoms with E-state index in [0.717, 1.165) is 31.3 Å². The molecule has 92 valence electrons. The summed E-state index contributed by atoms with van der Waals surface area (Å²) in [6.07, 6.45) is 4.96. The van der Waals surface area contributed by atoms with Gasteiger partial charge < -0.3 is 5.32 Å². The van der Waals surface area contributed by atoms with Crippen LogP contribution in [0.1, 0.15) is 53.4 Å². The standard InChI is InChI=1S/C13H28ClN/c1-5-6-12(7-9-14)11-15-10-8-13(2,3)4/h12,15H,5-11H2,1-4H3. The van der Waals surface area contributed by atoms with Crippen molar-refractivity contribution in [1.29, 1.82) is 0 Å². The Balaban J connectivity index is 3.52. The molecule has 0 radical (unpaired) electrons. The fourth-order valence-electron chi connectivity index (χ4n) is 1.68. The van der Waals surface area contributed by atoms with Crippen LogP contribution >= 0.6 is 11.6 Å². The lowest BCUT2D eigenvalue weighted by molar-refractivity contribution is 0.351. The van der Waals surface area contributed by atoms with Crippen molar-refractivity contribution in [2.75, 3.05) is 19.0 Å². The van der Waals surface area contributed by atoms with Crippen LogP contribution in [0.2, 0.25) is 0 Å². The smallest absolute Gasteiger partial charge is 0.0226 e. The minimum Gasteiger partial charge on any atom is -0.316 e. The molecule has 0 aromatic rings. The molecule has 0 heterocycles. The largest absolute Gasteiger partial charge is 0.316 e. The summed E-state index contributed by atoms with van der Waals surface area (Å²) in [7, 11) is 0. The highest BCUT2D eigenvalue weighted by atomic mass is 35.5. The molecule has 0 saturated heterocycles. The van der Waals surface area contributed by atoms with Gasteiger partial charge in [-0.25, -0.2) is 0 Å². The minimum absolute atomic E-state index is 0.444. The van der Waals surface area contributed by atoms with Crippen LogP contribution in [-0.4, -0.2) is 19.0 Å². The van der Waals surface area contributed by atoms with Gasteiger partial charge in [0, 0.05) is 5.88 Å². The predicted octanol–water partition coefficient (Wildman–Crippen LogP) is 4.06. The molecule has 0 aliphatic heterocycles. The highest BCUT2D eigenvalue weighted by Gasteiger charge is 2.10. The summed E-state index contributed by atoms with van der Waals surface area (Å²) >= 11 is 5.79. The van der Waals surface area contributed by atoms with E-state index in [1.54, 1.807) is 0 Å². The van der Waals surface area contributed by atoms with Crippen molar-refractivity contribution in [3.05, 3.63) is 0 Å². The first kappa shape index (κ1) is 15.2. The molecule has 0 aliphatic rings. The molecule has 1 unspecified atom stereocenters. The van der Waals surface area contributed by atoms with E-state index < -0.39 is 0 Å². The van der Waals surface area contributed by atoms with E-state index in [9.17, 15) is 0 Å². The van der Waals surface area contributed by atoms with Gasteiger partial charge in [-0.1, -0.05) is 34.1 Å². The molecule has 0 aromatic heterocycles. The Hall–Kier alpha value is 0.250. The topological polar surface area (TPSA) is 12.0 Å². The first-order chi connectivity index (χ1) is 6.99. The van der Waals surface area contributed by atoms with Crippen LogP contribution in [0.25, 0.3) is 0 Å². The third kappa shape index (κ3) is 10.5. The molecule has 1 atom stereocenters. The van der Waals surface area contributed by atoms with Crippen LogP contribution in [0.4, 0.5) is 0 Å². The van der Waals surface area contributed by atoms with Gasteiger partial charge in [0.2, 0.25) is 0 Å². The van der Waals surface area contributed by atoms with E-state index in [-0.39, 0.29) is 0 Å². The van der Waals surface area contributed by atoms with Crippen LogP contribution < -0.4 is 5.32 Å². The lowest BCUT2D eigenvalue weighted by Crippen LogP contribution is -2.26. The molecule has 0 saturated carbocycles. The van der Waals surface area contributed by atoms with Gasteiger partial charge in [0.1, 0.15) is 0 Å². The normalized spacial score (nSPS) is 14.2. The average molecular weight is 234 g/mol. The van der Waals surface area contributed by atoms with E-state index in [1.165, 1.54) is 19.3 Å². The first-order valence-corrected chi connectivity index (χ1v) is 6.79. The molecule has 0 aromatic carbocycles. The summed E-state index contributed by atoms with van der Waals surface area (Å²) in [6, 6.07) is 0. The zero-order valence-electron chi connectivity index (χ0n) is 10.9. The maximum Gasteiger partial charge on any atom is 0.0226 e. The van der Waals surface area contributed by atoms with Gasteiger partial charge in [0.15, 0.2) is 0 Å². The van der Waals surface area contributed by atoms with Crippen molar-refractivity contribution in [3.8, 4) is 0 Å². The molecule has 15 heavy (non-hydrogen) atoms. The summed E-state index contributed by atoms with van der Waals surface area (Å²) in [4.78, 5) is 0. The summed E-state index contributed by atoms with van der Waals surface area (Å²) in [5, 5.41) is 3.55. The number of nitrogens with one attached hydrogen (secondary N) is 1. The average Bonchev–Trinajstić information content (AvgIpc) is 2.11. The van der Waals surface area contributed by atoms with E-state index in [1.807, 2.05) is 0 Å². The second-order valence-corrected chi connectivity index (χ2v) is 6.03. The van der Waals surface area contributed by atoms with Crippen molar-refractivity contribution in [3.63, 3.8) is 0 Å². The Morgan fingerprint density at radius 1 is 1.20 bits per heavy atom. The van der Waals surface area contributed by atoms with Crippen LogP contribution in [0.3, 0.4) is 0 Å². The number of rotatable bonds is 8. The van der Waals surface area contributed by atoms with Gasteiger partial charge in [0.05, 0.1) is 0 Å². The van der Waals surface area contributed by atoms with Gasteiger partial charge in [-0.3, -0.25) is 0 Å². The summed E-state index contributed by atoms with van der Waals surface area (Å²) in [5.74, 6) is 1.57. The number of hydrogen-bond donors (Lipinski definition) is 1. The molecular weight excluding hydrogens is 206 g/mol.